The van der Waals surface area contributed by atoms with Crippen molar-refractivity contribution in [2.75, 3.05) is 52.6 Å². The lowest BCUT2D eigenvalue weighted by Crippen LogP contribution is -2.44. The summed E-state index contributed by atoms with van der Waals surface area (Å²) in [6, 6.07) is -1.32. The Labute approximate surface area is 221 Å². The molecular weight excluding hydrogens is 517 g/mol. The van der Waals surface area contributed by atoms with Gasteiger partial charge in [-0.2, -0.15) is 9.97 Å². The number of fused-ring (bicyclic) bond motifs is 1. The standard InChI is InChI=1S/C23H36N7O7P/c1-4-12-37-20-18-19(26-23(24)27-20)28(14-25-18)11-13-36-15-38(33,29-9-5-7-16(29)21(31)34-2)30-10-6-8-17(30)22(32)35-3/h14,16-17H,4-13,15H2,1-3H3,(H2,24,26,27)/t16-,17-/m0/s1. The summed E-state index contributed by atoms with van der Waals surface area (Å²) >= 11 is 0. The van der Waals surface area contributed by atoms with E-state index in [1.54, 1.807) is 20.2 Å². The van der Waals surface area contributed by atoms with Crippen molar-refractivity contribution in [2.45, 2.75) is 57.7 Å². The molecule has 0 bridgehead atoms. The Kier molecular flexibility index (Phi) is 9.19. The van der Waals surface area contributed by atoms with Gasteiger partial charge in [0.2, 0.25) is 19.3 Å². The van der Waals surface area contributed by atoms with E-state index in [4.69, 9.17) is 24.7 Å². The number of hydrogen-bond donors (Lipinski definition) is 1. The summed E-state index contributed by atoms with van der Waals surface area (Å²) in [5.41, 5.74) is 6.88. The average Bonchev–Trinajstić information content (AvgIpc) is 3.69. The molecule has 2 aromatic heterocycles. The van der Waals surface area contributed by atoms with Crippen molar-refractivity contribution >= 4 is 36.5 Å². The molecule has 0 unspecified atom stereocenters. The predicted octanol–water partition coefficient (Wildman–Crippen LogP) is 1.64. The fourth-order valence-corrected chi connectivity index (χ4v) is 8.20. The summed E-state index contributed by atoms with van der Waals surface area (Å²) in [6.07, 6.45) is 4.67. The fraction of sp³-hybridized carbons (Fsp3) is 0.696. The SMILES string of the molecule is CCCOc1nc(N)nc2c1ncn2CCOCP(=O)(N1CCC[C@H]1C(=O)OC)N1CCC[C@H]1C(=O)OC. The van der Waals surface area contributed by atoms with Crippen molar-refractivity contribution < 1.29 is 33.1 Å². The molecule has 0 amide bonds. The van der Waals surface area contributed by atoms with Crippen LogP contribution in [0.1, 0.15) is 39.0 Å². The second-order valence-corrected chi connectivity index (χ2v) is 11.9. The number of imidazole rings is 1. The maximum Gasteiger partial charge on any atom is 0.323 e. The number of nitrogens with two attached hydrogens (primary N) is 1. The lowest BCUT2D eigenvalue weighted by molar-refractivity contribution is -0.144. The molecule has 0 radical (unpaired) electrons. The van der Waals surface area contributed by atoms with Crippen LogP contribution in [0.4, 0.5) is 5.95 Å². The largest absolute Gasteiger partial charge is 0.476 e. The molecule has 0 saturated carbocycles. The summed E-state index contributed by atoms with van der Waals surface area (Å²) < 4.78 is 41.4. The molecule has 4 rings (SSSR count). The Balaban J connectivity index is 1.51. The minimum absolute atomic E-state index is 0.0709. The summed E-state index contributed by atoms with van der Waals surface area (Å²) in [6.45, 7) is 3.87. The van der Waals surface area contributed by atoms with Crippen LogP contribution in [0.2, 0.25) is 0 Å². The van der Waals surface area contributed by atoms with Gasteiger partial charge in [-0.1, -0.05) is 6.92 Å². The highest BCUT2D eigenvalue weighted by molar-refractivity contribution is 7.59. The van der Waals surface area contributed by atoms with E-state index in [0.717, 1.165) is 6.42 Å². The van der Waals surface area contributed by atoms with Gasteiger partial charge >= 0.3 is 11.9 Å². The molecule has 0 aromatic carbocycles. The third kappa shape index (κ3) is 5.63. The van der Waals surface area contributed by atoms with Crippen molar-refractivity contribution in [1.29, 1.82) is 0 Å². The highest BCUT2D eigenvalue weighted by atomic mass is 31.2. The monoisotopic (exact) mass is 553 g/mol. The van der Waals surface area contributed by atoms with Crippen LogP contribution in [0.3, 0.4) is 0 Å². The van der Waals surface area contributed by atoms with Gasteiger partial charge in [-0.3, -0.25) is 14.2 Å². The Morgan fingerprint density at radius 3 is 2.26 bits per heavy atom. The molecule has 2 N–H and O–H groups in total. The molecule has 15 heteroatoms. The molecule has 0 spiro atoms. The lowest BCUT2D eigenvalue weighted by Gasteiger charge is -2.39. The number of methoxy groups -OCH3 is 2. The molecule has 2 aliphatic heterocycles. The first kappa shape index (κ1) is 28.2. The van der Waals surface area contributed by atoms with Crippen molar-refractivity contribution in [1.82, 2.24) is 28.9 Å². The third-order valence-corrected chi connectivity index (χ3v) is 9.91. The number of ether oxygens (including phenoxy) is 4. The molecule has 2 aromatic rings. The number of esters is 2. The minimum Gasteiger partial charge on any atom is -0.476 e. The average molecular weight is 554 g/mol. The first-order chi connectivity index (χ1) is 18.3. The van der Waals surface area contributed by atoms with E-state index < -0.39 is 31.5 Å². The zero-order chi connectivity index (χ0) is 27.3. The number of nitrogen functional groups attached to an aromatic ring is 1. The van der Waals surface area contributed by atoms with Gasteiger partial charge in [-0.05, 0) is 32.1 Å². The molecule has 38 heavy (non-hydrogen) atoms. The van der Waals surface area contributed by atoms with Gasteiger partial charge in [0.25, 0.3) is 0 Å². The molecule has 2 aliphatic rings. The van der Waals surface area contributed by atoms with E-state index in [0.29, 0.717) is 69.0 Å². The number of nitrogens with zero attached hydrogens (tertiary/aromatic N) is 6. The van der Waals surface area contributed by atoms with Gasteiger partial charge in [0.05, 0.1) is 33.8 Å². The van der Waals surface area contributed by atoms with Gasteiger partial charge < -0.3 is 29.2 Å². The van der Waals surface area contributed by atoms with Crippen LogP contribution in [0.25, 0.3) is 11.2 Å². The van der Waals surface area contributed by atoms with Crippen LogP contribution in [0, 0.1) is 0 Å². The zero-order valence-corrected chi connectivity index (χ0v) is 23.0. The molecule has 14 nitrogen and oxygen atoms in total. The molecule has 2 atom stereocenters. The maximum atomic E-state index is 14.7. The second-order valence-electron chi connectivity index (χ2n) is 9.24. The number of aromatic nitrogens is 4. The van der Waals surface area contributed by atoms with Gasteiger partial charge in [0.1, 0.15) is 18.4 Å². The predicted molar refractivity (Wildman–Crippen MR) is 137 cm³/mol. The highest BCUT2D eigenvalue weighted by Gasteiger charge is 2.51. The Morgan fingerprint density at radius 1 is 1.05 bits per heavy atom. The van der Waals surface area contributed by atoms with E-state index >= 15 is 0 Å². The maximum absolute atomic E-state index is 14.7. The summed E-state index contributed by atoms with van der Waals surface area (Å²) in [7, 11) is -0.857. The van der Waals surface area contributed by atoms with Crippen LogP contribution in [-0.2, 0) is 34.9 Å². The highest BCUT2D eigenvalue weighted by Crippen LogP contribution is 2.59. The normalized spacial score (nSPS) is 20.7. The third-order valence-electron chi connectivity index (χ3n) is 6.83. The van der Waals surface area contributed by atoms with Gasteiger partial charge in [-0.15, -0.1) is 0 Å². The quantitative estimate of drug-likeness (QED) is 0.229. The van der Waals surface area contributed by atoms with Crippen LogP contribution in [-0.4, -0.2) is 99.8 Å². The van der Waals surface area contributed by atoms with Gasteiger partial charge in [0, 0.05) is 19.6 Å². The fourth-order valence-electron chi connectivity index (χ4n) is 5.04. The summed E-state index contributed by atoms with van der Waals surface area (Å²) in [5.74, 6) is -0.495. The van der Waals surface area contributed by atoms with Crippen LogP contribution in [0.5, 0.6) is 5.88 Å². The van der Waals surface area contributed by atoms with Crippen LogP contribution < -0.4 is 10.5 Å². The molecule has 210 valence electrons. The first-order valence-electron chi connectivity index (χ1n) is 12.8. The summed E-state index contributed by atoms with van der Waals surface area (Å²) in [5, 5.41) is 0. The molecule has 4 heterocycles. The lowest BCUT2D eigenvalue weighted by atomic mass is 10.2. The van der Waals surface area contributed by atoms with E-state index in [9.17, 15) is 14.2 Å². The van der Waals surface area contributed by atoms with Crippen molar-refractivity contribution in [3.05, 3.63) is 6.33 Å². The number of rotatable bonds is 12. The van der Waals surface area contributed by atoms with Crippen molar-refractivity contribution in [3.63, 3.8) is 0 Å². The molecule has 2 saturated heterocycles. The Hall–Kier alpha value is -2.80. The van der Waals surface area contributed by atoms with Gasteiger partial charge in [0.15, 0.2) is 11.2 Å². The van der Waals surface area contributed by atoms with Crippen molar-refractivity contribution in [2.24, 2.45) is 0 Å². The number of hydrogen-bond acceptors (Lipinski definition) is 11. The van der Waals surface area contributed by atoms with E-state index in [-0.39, 0.29) is 18.9 Å². The topological polar surface area (TPSA) is 164 Å². The van der Waals surface area contributed by atoms with Crippen LogP contribution in [0.15, 0.2) is 6.33 Å². The van der Waals surface area contributed by atoms with E-state index in [1.807, 2.05) is 6.92 Å². The Morgan fingerprint density at radius 2 is 1.68 bits per heavy atom. The number of anilines is 1. The number of carbonyl (C=O) groups excluding carboxylic acids is 2. The molecule has 2 fully saturated rings. The summed E-state index contributed by atoms with van der Waals surface area (Å²) in [4.78, 5) is 37.8. The number of carbonyl (C=O) groups is 2. The van der Waals surface area contributed by atoms with Crippen LogP contribution >= 0.6 is 7.44 Å². The molecule has 0 aliphatic carbocycles. The van der Waals surface area contributed by atoms with E-state index in [1.165, 1.54) is 14.2 Å². The smallest absolute Gasteiger partial charge is 0.323 e. The zero-order valence-electron chi connectivity index (χ0n) is 22.1. The minimum atomic E-state index is -3.49. The molecular formula is C23H36N7O7P. The first-order valence-corrected chi connectivity index (χ1v) is 14.6. The van der Waals surface area contributed by atoms with Crippen molar-refractivity contribution in [3.8, 4) is 5.88 Å². The Bertz CT molecular complexity index is 1150. The second kappa shape index (κ2) is 12.4. The van der Waals surface area contributed by atoms with Gasteiger partial charge in [-0.25, -0.2) is 14.3 Å². The van der Waals surface area contributed by atoms with E-state index in [2.05, 4.69) is 15.0 Å².